The molecule has 1 saturated heterocycles. The van der Waals surface area contributed by atoms with Crippen LogP contribution in [0.2, 0.25) is 0 Å². The highest BCUT2D eigenvalue weighted by atomic mass is 35.5. The lowest BCUT2D eigenvalue weighted by molar-refractivity contribution is 0.0545. The molecule has 16 heavy (non-hydrogen) atoms. The summed E-state index contributed by atoms with van der Waals surface area (Å²) in [6.45, 7) is 13.0. The molecule has 0 unspecified atom stereocenters. The maximum Gasteiger partial charge on any atom is 0.115 e. The zero-order valence-electron chi connectivity index (χ0n) is 10.8. The molecule has 0 N–H and O–H groups in total. The van der Waals surface area contributed by atoms with Crippen LogP contribution in [0, 0.1) is 0 Å². The molecule has 0 aromatic heterocycles. The summed E-state index contributed by atoms with van der Waals surface area (Å²) in [7, 11) is 0. The first kappa shape index (κ1) is 14.0. The molecule has 0 saturated carbocycles. The van der Waals surface area contributed by atoms with Gasteiger partial charge in [-0.3, -0.25) is 4.90 Å². The van der Waals surface area contributed by atoms with Gasteiger partial charge in [0.15, 0.2) is 0 Å². The first-order valence-corrected chi connectivity index (χ1v) is 6.37. The van der Waals surface area contributed by atoms with Gasteiger partial charge >= 0.3 is 0 Å². The van der Waals surface area contributed by atoms with Crippen LogP contribution in [0.1, 0.15) is 40.5 Å². The third kappa shape index (κ3) is 2.98. The van der Waals surface area contributed by atoms with Crippen LogP contribution < -0.4 is 0 Å². The van der Waals surface area contributed by atoms with Crippen LogP contribution in [-0.2, 0) is 0 Å². The zero-order valence-corrected chi connectivity index (χ0v) is 11.6. The van der Waals surface area contributed by atoms with Gasteiger partial charge in [0, 0.05) is 23.5 Å². The highest BCUT2D eigenvalue weighted by Gasteiger charge is 2.46. The SMILES string of the molecule is C=C(CCl)C[C@]1(C)C[C@@H](F)CN1C(C)(C)C. The van der Waals surface area contributed by atoms with Crippen LogP contribution in [0.3, 0.4) is 0 Å². The van der Waals surface area contributed by atoms with E-state index in [1.165, 1.54) is 0 Å². The van der Waals surface area contributed by atoms with Crippen molar-refractivity contribution in [2.45, 2.75) is 57.8 Å². The minimum Gasteiger partial charge on any atom is -0.290 e. The molecule has 1 rings (SSSR count). The van der Waals surface area contributed by atoms with Crippen molar-refractivity contribution in [3.05, 3.63) is 12.2 Å². The van der Waals surface area contributed by atoms with Crippen LogP contribution in [0.5, 0.6) is 0 Å². The average Bonchev–Trinajstić information content (AvgIpc) is 2.40. The van der Waals surface area contributed by atoms with Crippen molar-refractivity contribution in [1.29, 1.82) is 0 Å². The predicted octanol–water partition coefficient (Wildman–Crippen LogP) is 3.77. The fourth-order valence-electron chi connectivity index (χ4n) is 2.91. The van der Waals surface area contributed by atoms with Gasteiger partial charge < -0.3 is 0 Å². The van der Waals surface area contributed by atoms with Gasteiger partial charge in [-0.2, -0.15) is 0 Å². The maximum atomic E-state index is 13.6. The number of likely N-dealkylation sites (tertiary alicyclic amines) is 1. The lowest BCUT2D eigenvalue weighted by Crippen LogP contribution is -2.51. The summed E-state index contributed by atoms with van der Waals surface area (Å²) in [6.07, 6.45) is 0.640. The maximum absolute atomic E-state index is 13.6. The summed E-state index contributed by atoms with van der Waals surface area (Å²) in [5.74, 6) is 0.463. The predicted molar refractivity (Wildman–Crippen MR) is 68.9 cm³/mol. The van der Waals surface area contributed by atoms with E-state index in [2.05, 4.69) is 39.2 Å². The van der Waals surface area contributed by atoms with E-state index in [0.29, 0.717) is 18.8 Å². The molecule has 1 nitrogen and oxygen atoms in total. The van der Waals surface area contributed by atoms with Crippen LogP contribution in [0.25, 0.3) is 0 Å². The zero-order chi connectivity index (χ0) is 12.6. The minimum absolute atomic E-state index is 0.0117. The van der Waals surface area contributed by atoms with Gasteiger partial charge in [0.25, 0.3) is 0 Å². The van der Waals surface area contributed by atoms with E-state index >= 15 is 0 Å². The summed E-state index contributed by atoms with van der Waals surface area (Å²) in [6, 6.07) is 0. The van der Waals surface area contributed by atoms with Crippen molar-refractivity contribution in [2.75, 3.05) is 12.4 Å². The van der Waals surface area contributed by atoms with Crippen molar-refractivity contribution < 1.29 is 4.39 Å². The molecule has 1 aliphatic heterocycles. The van der Waals surface area contributed by atoms with Crippen molar-refractivity contribution in [1.82, 2.24) is 4.90 Å². The van der Waals surface area contributed by atoms with Gasteiger partial charge in [0.2, 0.25) is 0 Å². The summed E-state index contributed by atoms with van der Waals surface area (Å²) in [5, 5.41) is 0. The molecule has 1 aliphatic rings. The van der Waals surface area contributed by atoms with Gasteiger partial charge in [-0.05, 0) is 40.5 Å². The Morgan fingerprint density at radius 3 is 2.56 bits per heavy atom. The second-order valence-electron chi connectivity index (χ2n) is 6.14. The Hall–Kier alpha value is -0.0800. The third-order valence-corrected chi connectivity index (χ3v) is 3.70. The monoisotopic (exact) mass is 247 g/mol. The summed E-state index contributed by atoms with van der Waals surface area (Å²) >= 11 is 5.78. The molecule has 3 heteroatoms. The van der Waals surface area contributed by atoms with Gasteiger partial charge in [0.1, 0.15) is 6.17 Å². The first-order valence-electron chi connectivity index (χ1n) is 5.83. The van der Waals surface area contributed by atoms with Gasteiger partial charge in [-0.15, -0.1) is 11.6 Å². The van der Waals surface area contributed by atoms with Crippen molar-refractivity contribution in [3.8, 4) is 0 Å². The molecular formula is C13H23ClFN. The number of rotatable bonds is 3. The molecule has 2 atom stereocenters. The normalized spacial score (nSPS) is 32.0. The molecule has 0 spiro atoms. The van der Waals surface area contributed by atoms with E-state index in [0.717, 1.165) is 12.0 Å². The van der Waals surface area contributed by atoms with E-state index in [4.69, 9.17) is 11.6 Å². The summed E-state index contributed by atoms with van der Waals surface area (Å²) in [4.78, 5) is 2.25. The summed E-state index contributed by atoms with van der Waals surface area (Å²) < 4.78 is 13.6. The van der Waals surface area contributed by atoms with Crippen LogP contribution >= 0.6 is 11.6 Å². The Bertz CT molecular complexity index is 272. The standard InChI is InChI=1S/C13H23ClFN/c1-10(8-14)6-13(5)7-11(15)9-16(13)12(2,3)4/h11H,1,6-9H2,2-5H3/t11-,13-/m1/s1. The Balaban J connectivity index is 2.86. The van der Waals surface area contributed by atoms with E-state index in [1.54, 1.807) is 0 Å². The van der Waals surface area contributed by atoms with Crippen molar-refractivity contribution in [3.63, 3.8) is 0 Å². The smallest absolute Gasteiger partial charge is 0.115 e. The first-order chi connectivity index (χ1) is 7.19. The molecular weight excluding hydrogens is 225 g/mol. The minimum atomic E-state index is -0.729. The summed E-state index contributed by atoms with van der Waals surface area (Å²) in [5.41, 5.74) is 0.846. The molecule has 0 radical (unpaired) electrons. The number of nitrogens with zero attached hydrogens (tertiary/aromatic N) is 1. The Morgan fingerprint density at radius 2 is 2.12 bits per heavy atom. The number of alkyl halides is 2. The topological polar surface area (TPSA) is 3.24 Å². The molecule has 0 bridgehead atoms. The van der Waals surface area contributed by atoms with Crippen molar-refractivity contribution >= 4 is 11.6 Å². The lowest BCUT2D eigenvalue weighted by atomic mass is 9.88. The lowest BCUT2D eigenvalue weighted by Gasteiger charge is -2.44. The van der Waals surface area contributed by atoms with Crippen molar-refractivity contribution in [2.24, 2.45) is 0 Å². The molecule has 94 valence electrons. The van der Waals surface area contributed by atoms with E-state index < -0.39 is 6.17 Å². The largest absolute Gasteiger partial charge is 0.290 e. The third-order valence-electron chi connectivity index (χ3n) is 3.32. The highest BCUT2D eigenvalue weighted by Crippen LogP contribution is 2.40. The number of hydrogen-bond donors (Lipinski definition) is 0. The highest BCUT2D eigenvalue weighted by molar-refractivity contribution is 6.19. The second-order valence-corrected chi connectivity index (χ2v) is 6.41. The molecule has 0 aliphatic carbocycles. The Morgan fingerprint density at radius 1 is 1.56 bits per heavy atom. The average molecular weight is 248 g/mol. The van der Waals surface area contributed by atoms with Crippen LogP contribution in [-0.4, -0.2) is 34.6 Å². The second kappa shape index (κ2) is 4.66. The van der Waals surface area contributed by atoms with Crippen LogP contribution in [0.4, 0.5) is 4.39 Å². The van der Waals surface area contributed by atoms with E-state index in [1.807, 2.05) is 0 Å². The van der Waals surface area contributed by atoms with Gasteiger partial charge in [0.05, 0.1) is 0 Å². The molecule has 0 aromatic carbocycles. The molecule has 0 amide bonds. The quantitative estimate of drug-likeness (QED) is 0.542. The Kier molecular flexibility index (Phi) is 4.07. The molecule has 1 heterocycles. The number of hydrogen-bond acceptors (Lipinski definition) is 1. The Labute approximate surface area is 104 Å². The molecule has 1 fully saturated rings. The van der Waals surface area contributed by atoms with E-state index in [-0.39, 0.29) is 11.1 Å². The number of halogens is 2. The van der Waals surface area contributed by atoms with Gasteiger partial charge in [-0.25, -0.2) is 4.39 Å². The fraction of sp³-hybridized carbons (Fsp3) is 0.846. The van der Waals surface area contributed by atoms with Gasteiger partial charge in [-0.1, -0.05) is 12.2 Å². The van der Waals surface area contributed by atoms with E-state index in [9.17, 15) is 4.39 Å². The van der Waals surface area contributed by atoms with Crippen LogP contribution in [0.15, 0.2) is 12.2 Å². The molecule has 0 aromatic rings. The fourth-order valence-corrected chi connectivity index (χ4v) is 3.00.